The van der Waals surface area contributed by atoms with Gasteiger partial charge in [0, 0.05) is 12.2 Å². The number of benzene rings is 2. The average Bonchev–Trinajstić information content (AvgIpc) is 3.53. The predicted octanol–water partition coefficient (Wildman–Crippen LogP) is 3.09. The number of aromatic nitrogens is 3. The Labute approximate surface area is 197 Å². The summed E-state index contributed by atoms with van der Waals surface area (Å²) in [6.45, 7) is 1.39. The van der Waals surface area contributed by atoms with Crippen molar-refractivity contribution in [2.45, 2.75) is 30.9 Å². The number of amides is 1. The molecule has 1 N–H and O–H groups in total. The van der Waals surface area contributed by atoms with E-state index in [1.54, 1.807) is 28.9 Å². The lowest BCUT2D eigenvalue weighted by atomic mass is 10.1. The van der Waals surface area contributed by atoms with Gasteiger partial charge in [0.1, 0.15) is 29.7 Å². The lowest BCUT2D eigenvalue weighted by Crippen LogP contribution is -2.34. The van der Waals surface area contributed by atoms with Crippen molar-refractivity contribution in [1.82, 2.24) is 19.9 Å². The van der Waals surface area contributed by atoms with Gasteiger partial charge in [-0.05, 0) is 50.5 Å². The van der Waals surface area contributed by atoms with Crippen molar-refractivity contribution in [3.63, 3.8) is 0 Å². The molecule has 10 heteroatoms. The van der Waals surface area contributed by atoms with Crippen LogP contribution in [-0.4, -0.2) is 71.6 Å². The molecule has 4 atom stereocenters. The van der Waals surface area contributed by atoms with E-state index in [0.29, 0.717) is 24.6 Å². The molecule has 1 amide bonds. The van der Waals surface area contributed by atoms with Crippen molar-refractivity contribution in [1.29, 1.82) is 0 Å². The summed E-state index contributed by atoms with van der Waals surface area (Å²) in [5.41, 5.74) is 1.47. The molecule has 10 nitrogen and oxygen atoms in total. The number of ether oxygens (including phenoxy) is 4. The molecule has 3 aromatic rings. The zero-order valence-electron chi connectivity index (χ0n) is 19.0. The molecule has 5 rings (SSSR count). The van der Waals surface area contributed by atoms with Gasteiger partial charge in [0.05, 0.1) is 25.1 Å². The number of rotatable bonds is 7. The Bertz CT molecular complexity index is 1100. The predicted molar refractivity (Wildman–Crippen MR) is 123 cm³/mol. The maximum atomic E-state index is 12.5. The third kappa shape index (κ3) is 5.04. The second-order valence-electron chi connectivity index (χ2n) is 8.60. The minimum Gasteiger partial charge on any atom is -0.457 e. The molecule has 0 radical (unpaired) electrons. The van der Waals surface area contributed by atoms with Gasteiger partial charge >= 0.3 is 6.09 Å². The van der Waals surface area contributed by atoms with Crippen molar-refractivity contribution in [2.75, 3.05) is 32.6 Å². The maximum Gasteiger partial charge on any atom is 0.412 e. The highest BCUT2D eigenvalue weighted by molar-refractivity contribution is 5.84. The second kappa shape index (κ2) is 9.80. The molecule has 3 heterocycles. The van der Waals surface area contributed by atoms with Gasteiger partial charge in [0.15, 0.2) is 6.10 Å². The van der Waals surface area contributed by atoms with Crippen LogP contribution in [0.15, 0.2) is 60.8 Å². The molecule has 0 bridgehead atoms. The smallest absolute Gasteiger partial charge is 0.412 e. The van der Waals surface area contributed by atoms with E-state index in [0.717, 1.165) is 11.4 Å². The van der Waals surface area contributed by atoms with E-state index in [2.05, 4.69) is 15.6 Å². The number of carbonyl (C=O) groups excluding carboxylic acids is 1. The fourth-order valence-corrected chi connectivity index (χ4v) is 4.16. The van der Waals surface area contributed by atoms with Crippen LogP contribution in [0.2, 0.25) is 0 Å². The first kappa shape index (κ1) is 22.3. The van der Waals surface area contributed by atoms with Crippen molar-refractivity contribution < 1.29 is 23.7 Å². The third-order valence-corrected chi connectivity index (χ3v) is 5.70. The Kier molecular flexibility index (Phi) is 6.43. The van der Waals surface area contributed by atoms with Crippen LogP contribution >= 0.6 is 0 Å². The SMILES string of the molecule is CN(C)Cc1cn([C@@H]2CO[C@@H]3[C@@H]2OC[C@H]3OC(=O)Nc2ccc(Oc3ccccc3)cc2)nn1. The van der Waals surface area contributed by atoms with Crippen LogP contribution in [0.25, 0.3) is 0 Å². The summed E-state index contributed by atoms with van der Waals surface area (Å²) in [5.74, 6) is 1.41. The van der Waals surface area contributed by atoms with E-state index in [-0.39, 0.29) is 24.9 Å². The molecule has 0 unspecified atom stereocenters. The van der Waals surface area contributed by atoms with Gasteiger partial charge in [-0.3, -0.25) is 5.32 Å². The molecular formula is C24H27N5O5. The van der Waals surface area contributed by atoms with Crippen LogP contribution < -0.4 is 10.1 Å². The monoisotopic (exact) mass is 465 g/mol. The second-order valence-corrected chi connectivity index (χ2v) is 8.60. The molecule has 2 saturated heterocycles. The van der Waals surface area contributed by atoms with E-state index in [4.69, 9.17) is 18.9 Å². The van der Waals surface area contributed by atoms with E-state index in [1.165, 1.54) is 0 Å². The summed E-state index contributed by atoms with van der Waals surface area (Å²) >= 11 is 0. The van der Waals surface area contributed by atoms with Crippen molar-refractivity contribution in [3.8, 4) is 11.5 Å². The third-order valence-electron chi connectivity index (χ3n) is 5.70. The van der Waals surface area contributed by atoms with Crippen LogP contribution in [-0.2, 0) is 20.8 Å². The van der Waals surface area contributed by atoms with Gasteiger partial charge in [-0.1, -0.05) is 23.4 Å². The first-order valence-electron chi connectivity index (χ1n) is 11.1. The van der Waals surface area contributed by atoms with Gasteiger partial charge in [-0.25, -0.2) is 9.48 Å². The summed E-state index contributed by atoms with van der Waals surface area (Å²) in [6, 6.07) is 16.5. The number of nitrogens with one attached hydrogen (secondary N) is 1. The highest BCUT2D eigenvalue weighted by Crippen LogP contribution is 2.35. The number of hydrogen-bond acceptors (Lipinski definition) is 8. The van der Waals surface area contributed by atoms with Gasteiger partial charge in [0.25, 0.3) is 0 Å². The largest absolute Gasteiger partial charge is 0.457 e. The molecule has 2 aliphatic heterocycles. The zero-order chi connectivity index (χ0) is 23.5. The topological polar surface area (TPSA) is 100.0 Å². The highest BCUT2D eigenvalue weighted by Gasteiger charge is 2.50. The number of carbonyl (C=O) groups is 1. The van der Waals surface area contributed by atoms with Crippen LogP contribution in [0.1, 0.15) is 11.7 Å². The molecule has 1 aromatic heterocycles. The molecule has 0 saturated carbocycles. The van der Waals surface area contributed by atoms with Gasteiger partial charge < -0.3 is 23.8 Å². The van der Waals surface area contributed by atoms with E-state index in [1.807, 2.05) is 55.5 Å². The summed E-state index contributed by atoms with van der Waals surface area (Å²) in [5, 5.41) is 11.2. The van der Waals surface area contributed by atoms with E-state index >= 15 is 0 Å². The first-order valence-corrected chi connectivity index (χ1v) is 11.1. The summed E-state index contributed by atoms with van der Waals surface area (Å²) in [4.78, 5) is 14.5. The molecule has 2 fully saturated rings. The molecule has 2 aromatic carbocycles. The first-order chi connectivity index (χ1) is 16.5. The highest BCUT2D eigenvalue weighted by atomic mass is 16.6. The Hall–Kier alpha value is -3.47. The van der Waals surface area contributed by atoms with Gasteiger partial charge in [-0.2, -0.15) is 0 Å². The summed E-state index contributed by atoms with van der Waals surface area (Å²) in [7, 11) is 3.96. The van der Waals surface area contributed by atoms with E-state index in [9.17, 15) is 4.79 Å². The number of nitrogens with zero attached hydrogens (tertiary/aromatic N) is 4. The van der Waals surface area contributed by atoms with Crippen LogP contribution in [0.5, 0.6) is 11.5 Å². The average molecular weight is 466 g/mol. The Morgan fingerprint density at radius 1 is 1.06 bits per heavy atom. The fourth-order valence-electron chi connectivity index (χ4n) is 4.16. The molecule has 34 heavy (non-hydrogen) atoms. The number of anilines is 1. The molecule has 0 aliphatic carbocycles. The summed E-state index contributed by atoms with van der Waals surface area (Å²) < 4.78 is 25.0. The van der Waals surface area contributed by atoms with E-state index < -0.39 is 12.2 Å². The summed E-state index contributed by atoms with van der Waals surface area (Å²) in [6.07, 6.45) is 0.249. The lowest BCUT2D eigenvalue weighted by molar-refractivity contribution is 0.00770. The van der Waals surface area contributed by atoms with Gasteiger partial charge in [-0.15, -0.1) is 5.10 Å². The zero-order valence-corrected chi connectivity index (χ0v) is 19.0. The minimum atomic E-state index is -0.563. The Morgan fingerprint density at radius 3 is 2.56 bits per heavy atom. The number of para-hydroxylation sites is 1. The van der Waals surface area contributed by atoms with Gasteiger partial charge in [0.2, 0.25) is 0 Å². The number of fused-ring (bicyclic) bond motifs is 1. The minimum absolute atomic E-state index is 0.109. The maximum absolute atomic E-state index is 12.5. The fraction of sp³-hybridized carbons (Fsp3) is 0.375. The lowest BCUT2D eigenvalue weighted by Gasteiger charge is -2.17. The molecule has 0 spiro atoms. The van der Waals surface area contributed by atoms with Crippen LogP contribution in [0, 0.1) is 0 Å². The van der Waals surface area contributed by atoms with Crippen molar-refractivity contribution >= 4 is 11.8 Å². The standard InChI is InChI=1S/C24H27N5O5/c1-28(2)12-17-13-29(27-26-17)20-14-31-23-21(15-32-22(20)23)34-24(30)25-16-8-10-19(11-9-16)33-18-6-4-3-5-7-18/h3-11,13,20-23H,12,14-15H2,1-2H3,(H,25,30)/t20-,21-,22-,23+/m1/s1. The van der Waals surface area contributed by atoms with Crippen LogP contribution in [0.3, 0.4) is 0 Å². The van der Waals surface area contributed by atoms with Crippen LogP contribution in [0.4, 0.5) is 10.5 Å². The normalized spacial score (nSPS) is 23.6. The molecule has 178 valence electrons. The molecular weight excluding hydrogens is 438 g/mol. The molecule has 2 aliphatic rings. The Morgan fingerprint density at radius 2 is 1.79 bits per heavy atom. The van der Waals surface area contributed by atoms with Crippen molar-refractivity contribution in [3.05, 3.63) is 66.5 Å². The Balaban J connectivity index is 1.14. The van der Waals surface area contributed by atoms with Crippen molar-refractivity contribution in [2.24, 2.45) is 0 Å². The quantitative estimate of drug-likeness (QED) is 0.568. The number of hydrogen-bond donors (Lipinski definition) is 1.